The average molecular weight is 669 g/mol. The number of Topliss-reactive ketones (excluding diaryl/α,β-unsaturated/α-hetero) is 1. The summed E-state index contributed by atoms with van der Waals surface area (Å²) in [6.07, 6.45) is 0.915. The highest BCUT2D eigenvalue weighted by atomic mass is 16.6. The summed E-state index contributed by atoms with van der Waals surface area (Å²) in [6, 6.07) is 27.3. The van der Waals surface area contributed by atoms with Gasteiger partial charge in [-0.3, -0.25) is 19.8 Å². The molecule has 4 rings (SSSR count). The first kappa shape index (κ1) is 36.8. The Kier molecular flexibility index (Phi) is 12.0. The SMILES string of the molecule is CC(C)(C)OC(=O)NC1=NC(c2ccccc2)(c2ccccc2)C(=O)N1CCCCCC(=O)[C@H](Cc1ccccc1)NC(=O)OC(C)(C)C. The van der Waals surface area contributed by atoms with Crippen LogP contribution in [0.1, 0.15) is 83.9 Å². The van der Waals surface area contributed by atoms with Crippen LogP contribution in [0.3, 0.4) is 0 Å². The lowest BCUT2D eigenvalue weighted by Crippen LogP contribution is -2.47. The summed E-state index contributed by atoms with van der Waals surface area (Å²) in [4.78, 5) is 59.8. The molecule has 0 saturated heterocycles. The quantitative estimate of drug-likeness (QED) is 0.202. The summed E-state index contributed by atoms with van der Waals surface area (Å²) in [6.45, 7) is 10.9. The van der Waals surface area contributed by atoms with Crippen LogP contribution in [0, 0.1) is 0 Å². The summed E-state index contributed by atoms with van der Waals surface area (Å²) in [7, 11) is 0. The number of nitrogens with zero attached hydrogens (tertiary/aromatic N) is 2. The molecule has 1 aliphatic rings. The molecule has 0 aliphatic carbocycles. The smallest absolute Gasteiger partial charge is 0.414 e. The minimum absolute atomic E-state index is 0.104. The molecular formula is C39H48N4O6. The van der Waals surface area contributed by atoms with Crippen LogP contribution >= 0.6 is 0 Å². The number of unbranched alkanes of at least 4 members (excludes halogenated alkanes) is 2. The minimum Gasteiger partial charge on any atom is -0.444 e. The Labute approximate surface area is 289 Å². The van der Waals surface area contributed by atoms with Crippen LogP contribution in [0.2, 0.25) is 0 Å². The molecule has 0 saturated carbocycles. The van der Waals surface area contributed by atoms with Crippen molar-refractivity contribution in [2.24, 2.45) is 4.99 Å². The van der Waals surface area contributed by atoms with Crippen molar-refractivity contribution in [1.29, 1.82) is 0 Å². The van der Waals surface area contributed by atoms with Crippen LogP contribution in [0.5, 0.6) is 0 Å². The molecule has 49 heavy (non-hydrogen) atoms. The fourth-order valence-corrected chi connectivity index (χ4v) is 5.62. The number of ketones is 1. The predicted molar refractivity (Wildman–Crippen MR) is 189 cm³/mol. The summed E-state index contributed by atoms with van der Waals surface area (Å²) < 4.78 is 10.9. The van der Waals surface area contributed by atoms with E-state index in [-0.39, 0.29) is 30.6 Å². The van der Waals surface area contributed by atoms with Crippen molar-refractivity contribution >= 4 is 29.8 Å². The molecule has 260 valence electrons. The zero-order valence-electron chi connectivity index (χ0n) is 29.3. The van der Waals surface area contributed by atoms with Crippen molar-refractivity contribution < 1.29 is 28.7 Å². The summed E-state index contributed by atoms with van der Waals surface area (Å²) >= 11 is 0. The highest BCUT2D eigenvalue weighted by Gasteiger charge is 2.51. The predicted octanol–water partition coefficient (Wildman–Crippen LogP) is 6.92. The topological polar surface area (TPSA) is 126 Å². The van der Waals surface area contributed by atoms with Gasteiger partial charge in [-0.2, -0.15) is 0 Å². The van der Waals surface area contributed by atoms with E-state index >= 15 is 0 Å². The molecule has 3 aromatic rings. The number of ether oxygens (including phenoxy) is 2. The molecule has 0 unspecified atom stereocenters. The first-order chi connectivity index (χ1) is 23.2. The summed E-state index contributed by atoms with van der Waals surface area (Å²) in [5.41, 5.74) is -0.585. The molecule has 10 heteroatoms. The van der Waals surface area contributed by atoms with Crippen molar-refractivity contribution in [3.05, 3.63) is 108 Å². The molecule has 3 aromatic carbocycles. The van der Waals surface area contributed by atoms with Gasteiger partial charge >= 0.3 is 12.2 Å². The fraction of sp³-hybridized carbons (Fsp3) is 0.410. The van der Waals surface area contributed by atoms with Crippen LogP contribution in [-0.4, -0.2) is 58.5 Å². The third-order valence-corrected chi connectivity index (χ3v) is 7.75. The van der Waals surface area contributed by atoms with Crippen LogP contribution in [0.15, 0.2) is 96.0 Å². The van der Waals surface area contributed by atoms with E-state index in [4.69, 9.17) is 14.5 Å². The maximum absolute atomic E-state index is 14.5. The number of hydrogen-bond acceptors (Lipinski definition) is 7. The lowest BCUT2D eigenvalue weighted by molar-refractivity contribution is -0.130. The highest BCUT2D eigenvalue weighted by molar-refractivity contribution is 6.12. The minimum atomic E-state index is -1.40. The van der Waals surface area contributed by atoms with Crippen molar-refractivity contribution in [3.63, 3.8) is 0 Å². The molecule has 0 bridgehead atoms. The Morgan fingerprint density at radius 2 is 1.24 bits per heavy atom. The van der Waals surface area contributed by atoms with Gasteiger partial charge in [-0.15, -0.1) is 0 Å². The number of amides is 3. The third-order valence-electron chi connectivity index (χ3n) is 7.75. The average Bonchev–Trinajstić information content (AvgIpc) is 3.31. The van der Waals surface area contributed by atoms with Gasteiger partial charge in [-0.1, -0.05) is 97.4 Å². The largest absolute Gasteiger partial charge is 0.444 e. The molecule has 0 radical (unpaired) electrons. The number of rotatable bonds is 12. The molecule has 0 fully saturated rings. The lowest BCUT2D eigenvalue weighted by Gasteiger charge is -2.27. The Balaban J connectivity index is 1.48. The van der Waals surface area contributed by atoms with Gasteiger partial charge < -0.3 is 14.8 Å². The fourth-order valence-electron chi connectivity index (χ4n) is 5.62. The Bertz CT molecular complexity index is 1570. The van der Waals surface area contributed by atoms with E-state index in [1.54, 1.807) is 41.5 Å². The number of guanidine groups is 1. The maximum atomic E-state index is 14.5. The van der Waals surface area contributed by atoms with E-state index in [1.807, 2.05) is 91.0 Å². The first-order valence-electron chi connectivity index (χ1n) is 16.8. The van der Waals surface area contributed by atoms with E-state index in [0.717, 1.165) is 5.56 Å². The zero-order chi connectivity index (χ0) is 35.7. The first-order valence-corrected chi connectivity index (χ1v) is 16.8. The molecule has 2 N–H and O–H groups in total. The second-order valence-corrected chi connectivity index (χ2v) is 14.1. The van der Waals surface area contributed by atoms with E-state index in [1.165, 1.54) is 4.90 Å². The van der Waals surface area contributed by atoms with E-state index in [2.05, 4.69) is 10.6 Å². The number of benzene rings is 3. The molecule has 10 nitrogen and oxygen atoms in total. The van der Waals surface area contributed by atoms with Crippen molar-refractivity contribution in [3.8, 4) is 0 Å². The van der Waals surface area contributed by atoms with Gasteiger partial charge in [0.1, 0.15) is 11.2 Å². The van der Waals surface area contributed by atoms with E-state index in [0.29, 0.717) is 36.8 Å². The number of aliphatic imine (C=N–C) groups is 1. The van der Waals surface area contributed by atoms with Gasteiger partial charge in [0.15, 0.2) is 11.3 Å². The zero-order valence-corrected chi connectivity index (χ0v) is 29.3. The normalized spacial score (nSPS) is 14.9. The Morgan fingerprint density at radius 1 is 0.735 bits per heavy atom. The van der Waals surface area contributed by atoms with Crippen LogP contribution in [0.25, 0.3) is 0 Å². The van der Waals surface area contributed by atoms with Crippen LogP contribution < -0.4 is 10.6 Å². The molecule has 0 aromatic heterocycles. The Morgan fingerprint density at radius 3 is 1.78 bits per heavy atom. The molecule has 1 aliphatic heterocycles. The number of hydrogen-bond donors (Lipinski definition) is 2. The number of alkyl carbamates (subject to hydrolysis) is 2. The molecule has 1 heterocycles. The van der Waals surface area contributed by atoms with Crippen molar-refractivity contribution in [2.75, 3.05) is 6.54 Å². The van der Waals surface area contributed by atoms with Gasteiger partial charge in [-0.25, -0.2) is 14.6 Å². The molecular weight excluding hydrogens is 620 g/mol. The van der Waals surface area contributed by atoms with E-state index in [9.17, 15) is 19.2 Å². The second kappa shape index (κ2) is 15.9. The number of carbonyl (C=O) groups excluding carboxylic acids is 4. The monoisotopic (exact) mass is 668 g/mol. The van der Waals surface area contributed by atoms with Crippen LogP contribution in [-0.2, 0) is 31.0 Å². The lowest BCUT2D eigenvalue weighted by atomic mass is 9.83. The van der Waals surface area contributed by atoms with Gasteiger partial charge in [0.25, 0.3) is 5.91 Å². The van der Waals surface area contributed by atoms with Crippen molar-refractivity contribution in [1.82, 2.24) is 15.5 Å². The third kappa shape index (κ3) is 10.2. The van der Waals surface area contributed by atoms with Gasteiger partial charge in [-0.05, 0) is 77.5 Å². The van der Waals surface area contributed by atoms with Gasteiger partial charge in [0.2, 0.25) is 5.96 Å². The molecule has 0 spiro atoms. The molecule has 3 amide bonds. The number of carbonyl (C=O) groups is 4. The maximum Gasteiger partial charge on any atom is 0.414 e. The van der Waals surface area contributed by atoms with Gasteiger partial charge in [0.05, 0.1) is 6.04 Å². The second-order valence-electron chi connectivity index (χ2n) is 14.1. The molecule has 1 atom stereocenters. The Hall–Kier alpha value is -4.99. The highest BCUT2D eigenvalue weighted by Crippen LogP contribution is 2.40. The summed E-state index contributed by atoms with van der Waals surface area (Å²) in [5.74, 6) is -0.294. The van der Waals surface area contributed by atoms with Crippen molar-refractivity contribution in [2.45, 2.75) is 96.4 Å². The summed E-state index contributed by atoms with van der Waals surface area (Å²) in [5, 5.41) is 5.49. The standard InChI is InChI=1S/C39H48N4O6/c1-37(2,3)48-35(46)40-31(27-28-19-11-7-12-20-28)32(44)25-17-10-18-26-43-33(45)39(29-21-13-8-14-22-29,30-23-15-9-16-24-30)42-34(43)41-36(47)49-38(4,5)6/h7-9,11-16,19-24,31H,10,17-18,25-27H2,1-6H3,(H,40,46)(H,41,42,47)/t31-/m0/s1. The van der Waals surface area contributed by atoms with E-state index < -0.39 is 35.0 Å². The van der Waals surface area contributed by atoms with Crippen LogP contribution in [0.4, 0.5) is 9.59 Å². The number of nitrogens with one attached hydrogen (secondary N) is 2. The van der Waals surface area contributed by atoms with Gasteiger partial charge in [0, 0.05) is 13.0 Å².